The Balaban J connectivity index is 3.43. The van der Waals surface area contributed by atoms with Crippen molar-refractivity contribution in [1.29, 1.82) is 0 Å². The summed E-state index contributed by atoms with van der Waals surface area (Å²) in [5, 5.41) is 23.2. The van der Waals surface area contributed by atoms with Gasteiger partial charge in [0, 0.05) is 12.8 Å². The third-order valence-electron chi connectivity index (χ3n) is 14.2. The van der Waals surface area contributed by atoms with Crippen LogP contribution < -0.4 is 5.32 Å². The summed E-state index contributed by atoms with van der Waals surface area (Å²) in [5.74, 6) is -0.0419. The molecule has 6 heteroatoms. The Hall–Kier alpha value is -1.92. The van der Waals surface area contributed by atoms with Crippen molar-refractivity contribution in [2.75, 3.05) is 13.2 Å². The van der Waals surface area contributed by atoms with E-state index >= 15 is 0 Å². The van der Waals surface area contributed by atoms with E-state index in [0.717, 1.165) is 57.8 Å². The van der Waals surface area contributed by atoms with Gasteiger partial charge in [0.2, 0.25) is 5.91 Å². The smallest absolute Gasteiger partial charge is 0.305 e. The molecule has 0 aliphatic carbocycles. The number of hydrogen-bond acceptors (Lipinski definition) is 5. The molecule has 2 unspecified atom stereocenters. The van der Waals surface area contributed by atoms with Crippen LogP contribution in [0.5, 0.6) is 0 Å². The Bertz CT molecular complexity index is 1120. The fraction of sp³-hybridized carbons (Fsp3) is 0.873. The van der Waals surface area contributed by atoms with Crippen LogP contribution >= 0.6 is 0 Å². The van der Waals surface area contributed by atoms with E-state index in [4.69, 9.17) is 4.74 Å². The van der Waals surface area contributed by atoms with E-state index in [1.54, 1.807) is 0 Å². The topological polar surface area (TPSA) is 95.9 Å². The molecule has 0 aliphatic rings. The first kappa shape index (κ1) is 67.1. The summed E-state index contributed by atoms with van der Waals surface area (Å²) in [5.41, 5.74) is 0. The standard InChI is InChI=1S/C63H119NO5/c1-3-5-7-9-11-13-15-17-18-26-30-33-37-41-45-49-53-57-63(68)69-58-54-50-46-42-38-34-31-28-25-23-21-19-20-22-24-27-29-32-36-40-44-48-52-56-62(67)64-60(59-65)61(66)55-51-47-43-39-35-16-14-12-10-8-6-4-2/h17-19,21-22,24,60-61,65-66H,3-16,20,23,25-59H2,1-2H3,(H,64,67)/b18-17-,21-19-,24-22-. The van der Waals surface area contributed by atoms with E-state index in [1.807, 2.05) is 0 Å². The third kappa shape index (κ3) is 55.2. The van der Waals surface area contributed by atoms with Crippen LogP contribution in [0.4, 0.5) is 0 Å². The number of aliphatic hydroxyl groups excluding tert-OH is 2. The number of carbonyl (C=O) groups excluding carboxylic acids is 2. The van der Waals surface area contributed by atoms with Crippen molar-refractivity contribution in [2.45, 2.75) is 341 Å². The Morgan fingerprint density at radius 1 is 0.406 bits per heavy atom. The second kappa shape index (κ2) is 58.6. The number of amides is 1. The van der Waals surface area contributed by atoms with Crippen molar-refractivity contribution in [1.82, 2.24) is 5.32 Å². The predicted octanol–water partition coefficient (Wildman–Crippen LogP) is 19.2. The van der Waals surface area contributed by atoms with Crippen molar-refractivity contribution < 1.29 is 24.5 Å². The minimum Gasteiger partial charge on any atom is -0.466 e. The molecular weight excluding hydrogens is 851 g/mol. The molecule has 1 amide bonds. The molecule has 0 rings (SSSR count). The van der Waals surface area contributed by atoms with Gasteiger partial charge in [-0.15, -0.1) is 0 Å². The zero-order chi connectivity index (χ0) is 50.0. The lowest BCUT2D eigenvalue weighted by Gasteiger charge is -2.22. The maximum absolute atomic E-state index is 12.4. The highest BCUT2D eigenvalue weighted by Gasteiger charge is 2.20. The Kier molecular flexibility index (Phi) is 57.0. The second-order valence-corrected chi connectivity index (χ2v) is 21.0. The summed E-state index contributed by atoms with van der Waals surface area (Å²) in [6.07, 6.45) is 72.9. The van der Waals surface area contributed by atoms with Gasteiger partial charge >= 0.3 is 5.97 Å². The maximum atomic E-state index is 12.4. The van der Waals surface area contributed by atoms with E-state index in [1.165, 1.54) is 238 Å². The van der Waals surface area contributed by atoms with Crippen LogP contribution in [0, 0.1) is 0 Å². The van der Waals surface area contributed by atoms with Gasteiger partial charge in [-0.1, -0.05) is 269 Å². The lowest BCUT2D eigenvalue weighted by molar-refractivity contribution is -0.143. The molecule has 0 aromatic heterocycles. The van der Waals surface area contributed by atoms with Gasteiger partial charge in [0.15, 0.2) is 0 Å². The lowest BCUT2D eigenvalue weighted by Crippen LogP contribution is -2.45. The zero-order valence-electron chi connectivity index (χ0n) is 46.3. The van der Waals surface area contributed by atoms with E-state index in [2.05, 4.69) is 55.6 Å². The SMILES string of the molecule is CCCCCCCC/C=C\CCCCCCCCCC(=O)OCCCCCCCCCCC/C=C\C/C=C\CCCCCCCCCC(=O)NC(CO)C(O)CCCCCCCCCCCCCC. The van der Waals surface area contributed by atoms with E-state index < -0.39 is 12.1 Å². The highest BCUT2D eigenvalue weighted by molar-refractivity contribution is 5.76. The van der Waals surface area contributed by atoms with Crippen molar-refractivity contribution in [3.63, 3.8) is 0 Å². The number of carbonyl (C=O) groups is 2. The molecule has 406 valence electrons. The van der Waals surface area contributed by atoms with Gasteiger partial charge in [-0.05, 0) is 83.5 Å². The molecule has 0 heterocycles. The van der Waals surface area contributed by atoms with Crippen LogP contribution in [0.25, 0.3) is 0 Å². The Labute approximate surface area is 430 Å². The first-order chi connectivity index (χ1) is 34.0. The summed E-state index contributed by atoms with van der Waals surface area (Å²) >= 11 is 0. The second-order valence-electron chi connectivity index (χ2n) is 21.0. The van der Waals surface area contributed by atoms with Crippen molar-refractivity contribution in [3.05, 3.63) is 36.5 Å². The maximum Gasteiger partial charge on any atom is 0.305 e. The van der Waals surface area contributed by atoms with E-state index in [-0.39, 0.29) is 18.5 Å². The molecule has 69 heavy (non-hydrogen) atoms. The summed E-state index contributed by atoms with van der Waals surface area (Å²) in [6, 6.07) is -0.548. The molecular formula is C63H119NO5. The molecule has 6 nitrogen and oxygen atoms in total. The van der Waals surface area contributed by atoms with Gasteiger partial charge in [-0.2, -0.15) is 0 Å². The van der Waals surface area contributed by atoms with Crippen molar-refractivity contribution in [3.8, 4) is 0 Å². The molecule has 0 saturated carbocycles. The largest absolute Gasteiger partial charge is 0.466 e. The normalized spacial score (nSPS) is 12.8. The van der Waals surface area contributed by atoms with Gasteiger partial charge in [0.05, 0.1) is 25.4 Å². The minimum absolute atomic E-state index is 0.00370. The molecule has 2 atom stereocenters. The summed E-state index contributed by atoms with van der Waals surface area (Å²) in [4.78, 5) is 24.5. The fourth-order valence-corrected chi connectivity index (χ4v) is 9.43. The number of rotatable bonds is 57. The van der Waals surface area contributed by atoms with Gasteiger partial charge in [-0.25, -0.2) is 0 Å². The monoisotopic (exact) mass is 970 g/mol. The van der Waals surface area contributed by atoms with Gasteiger partial charge in [0.25, 0.3) is 0 Å². The Morgan fingerprint density at radius 2 is 0.725 bits per heavy atom. The number of esters is 1. The first-order valence-corrected chi connectivity index (χ1v) is 30.7. The number of unbranched alkanes of at least 4 members (excludes halogenated alkanes) is 40. The molecule has 0 fully saturated rings. The summed E-state index contributed by atoms with van der Waals surface area (Å²) in [6.45, 7) is 4.94. The molecule has 0 bridgehead atoms. The highest BCUT2D eigenvalue weighted by atomic mass is 16.5. The van der Waals surface area contributed by atoms with Crippen LogP contribution in [0.1, 0.15) is 328 Å². The fourth-order valence-electron chi connectivity index (χ4n) is 9.43. The predicted molar refractivity (Wildman–Crippen MR) is 301 cm³/mol. The van der Waals surface area contributed by atoms with Crippen molar-refractivity contribution in [2.24, 2.45) is 0 Å². The van der Waals surface area contributed by atoms with Gasteiger partial charge in [-0.3, -0.25) is 9.59 Å². The zero-order valence-corrected chi connectivity index (χ0v) is 46.3. The molecule has 3 N–H and O–H groups in total. The first-order valence-electron chi connectivity index (χ1n) is 30.7. The summed E-state index contributed by atoms with van der Waals surface area (Å²) < 4.78 is 5.49. The molecule has 0 spiro atoms. The average Bonchev–Trinajstić information content (AvgIpc) is 3.35. The van der Waals surface area contributed by atoms with E-state index in [9.17, 15) is 19.8 Å². The van der Waals surface area contributed by atoms with Crippen LogP contribution in [0.15, 0.2) is 36.5 Å². The van der Waals surface area contributed by atoms with Crippen molar-refractivity contribution >= 4 is 11.9 Å². The van der Waals surface area contributed by atoms with Crippen LogP contribution in [-0.4, -0.2) is 47.4 Å². The van der Waals surface area contributed by atoms with E-state index in [0.29, 0.717) is 25.9 Å². The number of ether oxygens (including phenoxy) is 1. The quantitative estimate of drug-likeness (QED) is 0.0321. The van der Waals surface area contributed by atoms with Gasteiger partial charge < -0.3 is 20.3 Å². The minimum atomic E-state index is -0.670. The molecule has 0 aromatic carbocycles. The molecule has 0 radical (unpaired) electrons. The molecule has 0 aromatic rings. The third-order valence-corrected chi connectivity index (χ3v) is 14.2. The number of aliphatic hydroxyl groups is 2. The van der Waals surface area contributed by atoms with Gasteiger partial charge in [0.1, 0.15) is 0 Å². The number of nitrogens with one attached hydrogen (secondary N) is 1. The van der Waals surface area contributed by atoms with Crippen LogP contribution in [0.3, 0.4) is 0 Å². The molecule has 0 saturated heterocycles. The van der Waals surface area contributed by atoms with Crippen LogP contribution in [-0.2, 0) is 14.3 Å². The number of hydrogen-bond donors (Lipinski definition) is 3. The van der Waals surface area contributed by atoms with Crippen LogP contribution in [0.2, 0.25) is 0 Å². The summed E-state index contributed by atoms with van der Waals surface area (Å²) in [7, 11) is 0. The average molecular weight is 971 g/mol. The number of allylic oxidation sites excluding steroid dienone is 6. The highest BCUT2D eigenvalue weighted by Crippen LogP contribution is 2.17. The lowest BCUT2D eigenvalue weighted by atomic mass is 10.0. The molecule has 0 aliphatic heterocycles. The Morgan fingerprint density at radius 3 is 1.12 bits per heavy atom.